The maximum Gasteiger partial charge on any atom is 0.184 e. The topological polar surface area (TPSA) is 50.4 Å². The number of nitrogens with two attached hydrogens (primary N) is 1. The van der Waals surface area contributed by atoms with Gasteiger partial charge in [0.1, 0.15) is 0 Å². The molecule has 19 heavy (non-hydrogen) atoms. The molecule has 2 aromatic rings. The van der Waals surface area contributed by atoms with Gasteiger partial charge < -0.3 is 5.73 Å². The van der Waals surface area contributed by atoms with Crippen molar-refractivity contribution in [3.8, 4) is 0 Å². The second-order valence-corrected chi connectivity index (χ2v) is 4.49. The highest BCUT2D eigenvalue weighted by Gasteiger charge is 2.10. The van der Waals surface area contributed by atoms with E-state index in [0.717, 1.165) is 0 Å². The molecule has 0 unspecified atom stereocenters. The van der Waals surface area contributed by atoms with Crippen LogP contribution in [0.15, 0.2) is 65.8 Å². The third-order valence-electron chi connectivity index (χ3n) is 2.72. The normalized spacial score (nSPS) is 10.8. The van der Waals surface area contributed by atoms with Gasteiger partial charge >= 0.3 is 0 Å². The quantitative estimate of drug-likeness (QED) is 0.509. The Labute approximate surface area is 118 Å². The average Bonchev–Trinajstić information content (AvgIpc) is 2.45. The molecular weight excluding hydrogens is 254 g/mol. The van der Waals surface area contributed by atoms with Crippen molar-refractivity contribution in [2.45, 2.75) is 5.92 Å². The van der Waals surface area contributed by atoms with Gasteiger partial charge in [-0.2, -0.15) is 5.10 Å². The fourth-order valence-corrected chi connectivity index (χ4v) is 1.91. The Balaban J connectivity index is 2.29. The van der Waals surface area contributed by atoms with Crippen molar-refractivity contribution >= 4 is 23.5 Å². The standard InChI is InChI=1S/C15H15N3S/c16-15(19)18-17-11-14(12-7-3-1-4-8-12)13-9-5-2-6-10-13/h1-11,14H,(H3,16,18,19)/b17-11+. The van der Waals surface area contributed by atoms with Crippen LogP contribution in [0.3, 0.4) is 0 Å². The number of hydrogen-bond donors (Lipinski definition) is 2. The van der Waals surface area contributed by atoms with Crippen molar-refractivity contribution < 1.29 is 0 Å². The van der Waals surface area contributed by atoms with E-state index in [1.807, 2.05) is 42.6 Å². The molecule has 0 saturated carbocycles. The first-order chi connectivity index (χ1) is 9.27. The van der Waals surface area contributed by atoms with Crippen LogP contribution in [0.2, 0.25) is 0 Å². The molecule has 2 aromatic carbocycles. The van der Waals surface area contributed by atoms with Gasteiger partial charge in [0, 0.05) is 12.1 Å². The van der Waals surface area contributed by atoms with Crippen molar-refractivity contribution in [2.24, 2.45) is 10.8 Å². The first-order valence-electron chi connectivity index (χ1n) is 5.96. The molecule has 3 N–H and O–H groups in total. The molecule has 3 nitrogen and oxygen atoms in total. The zero-order valence-corrected chi connectivity index (χ0v) is 11.2. The Morgan fingerprint density at radius 3 is 1.89 bits per heavy atom. The van der Waals surface area contributed by atoms with Crippen LogP contribution in [0.5, 0.6) is 0 Å². The van der Waals surface area contributed by atoms with E-state index in [0.29, 0.717) is 0 Å². The Hall–Kier alpha value is -2.20. The van der Waals surface area contributed by atoms with Crippen LogP contribution >= 0.6 is 12.2 Å². The van der Waals surface area contributed by atoms with Gasteiger partial charge in [0.2, 0.25) is 0 Å². The highest BCUT2D eigenvalue weighted by atomic mass is 32.1. The van der Waals surface area contributed by atoms with E-state index in [-0.39, 0.29) is 11.0 Å². The highest BCUT2D eigenvalue weighted by Crippen LogP contribution is 2.22. The van der Waals surface area contributed by atoms with Gasteiger partial charge in [-0.05, 0) is 23.3 Å². The van der Waals surface area contributed by atoms with Crippen LogP contribution in [0.1, 0.15) is 17.0 Å². The number of hydrogen-bond acceptors (Lipinski definition) is 2. The van der Waals surface area contributed by atoms with Gasteiger partial charge in [-0.15, -0.1) is 0 Å². The van der Waals surface area contributed by atoms with Crippen molar-refractivity contribution in [2.75, 3.05) is 0 Å². The van der Waals surface area contributed by atoms with Gasteiger partial charge in [0.15, 0.2) is 5.11 Å². The molecule has 0 atom stereocenters. The van der Waals surface area contributed by atoms with Crippen LogP contribution < -0.4 is 11.2 Å². The minimum Gasteiger partial charge on any atom is -0.375 e. The molecule has 2 rings (SSSR count). The minimum atomic E-state index is 0.0734. The molecule has 0 heterocycles. The summed E-state index contributed by atoms with van der Waals surface area (Å²) in [6.07, 6.45) is 1.81. The lowest BCUT2D eigenvalue weighted by Gasteiger charge is -2.13. The first kappa shape index (κ1) is 13.2. The van der Waals surface area contributed by atoms with Crippen LogP contribution in [-0.2, 0) is 0 Å². The summed E-state index contributed by atoms with van der Waals surface area (Å²) in [5, 5.41) is 4.25. The second-order valence-electron chi connectivity index (χ2n) is 4.05. The molecule has 0 aliphatic rings. The Bertz CT molecular complexity index is 513. The molecule has 0 bridgehead atoms. The summed E-state index contributed by atoms with van der Waals surface area (Å²) in [4.78, 5) is 0. The molecule has 0 aliphatic carbocycles. The lowest BCUT2D eigenvalue weighted by Crippen LogP contribution is -2.24. The summed E-state index contributed by atoms with van der Waals surface area (Å²) in [6, 6.07) is 20.3. The van der Waals surface area contributed by atoms with Gasteiger partial charge in [0.25, 0.3) is 0 Å². The molecule has 0 radical (unpaired) electrons. The predicted molar refractivity (Wildman–Crippen MR) is 83.1 cm³/mol. The zero-order valence-electron chi connectivity index (χ0n) is 10.4. The highest BCUT2D eigenvalue weighted by molar-refractivity contribution is 7.80. The summed E-state index contributed by atoms with van der Waals surface area (Å²) in [7, 11) is 0. The van der Waals surface area contributed by atoms with Crippen LogP contribution in [0, 0.1) is 0 Å². The molecule has 0 fully saturated rings. The molecule has 0 aromatic heterocycles. The lowest BCUT2D eigenvalue weighted by atomic mass is 9.92. The average molecular weight is 269 g/mol. The zero-order chi connectivity index (χ0) is 13.5. The van der Waals surface area contributed by atoms with E-state index in [4.69, 9.17) is 18.0 Å². The number of nitrogens with one attached hydrogen (secondary N) is 1. The third-order valence-corrected chi connectivity index (χ3v) is 2.81. The monoisotopic (exact) mass is 269 g/mol. The summed E-state index contributed by atoms with van der Waals surface area (Å²) < 4.78 is 0. The fraction of sp³-hybridized carbons (Fsp3) is 0.0667. The second kappa shape index (κ2) is 6.66. The maximum absolute atomic E-state index is 5.36. The third kappa shape index (κ3) is 3.89. The Kier molecular flexibility index (Phi) is 4.64. The van der Waals surface area contributed by atoms with Crippen molar-refractivity contribution in [3.05, 3.63) is 71.8 Å². The first-order valence-corrected chi connectivity index (χ1v) is 6.36. The van der Waals surface area contributed by atoms with Crippen molar-refractivity contribution in [1.29, 1.82) is 0 Å². The molecule has 0 amide bonds. The molecule has 4 heteroatoms. The van der Waals surface area contributed by atoms with Crippen molar-refractivity contribution in [3.63, 3.8) is 0 Å². The van der Waals surface area contributed by atoms with E-state index in [1.54, 1.807) is 0 Å². The molecule has 0 spiro atoms. The minimum absolute atomic E-state index is 0.0734. The molecule has 96 valence electrons. The Morgan fingerprint density at radius 1 is 1.00 bits per heavy atom. The molecular formula is C15H15N3S. The number of hydrazone groups is 1. The van der Waals surface area contributed by atoms with E-state index in [2.05, 4.69) is 34.8 Å². The van der Waals surface area contributed by atoms with Crippen LogP contribution in [-0.4, -0.2) is 11.3 Å². The van der Waals surface area contributed by atoms with Crippen LogP contribution in [0.25, 0.3) is 0 Å². The van der Waals surface area contributed by atoms with E-state index < -0.39 is 0 Å². The Morgan fingerprint density at radius 2 is 1.47 bits per heavy atom. The predicted octanol–water partition coefficient (Wildman–Crippen LogP) is 2.64. The largest absolute Gasteiger partial charge is 0.375 e. The van der Waals surface area contributed by atoms with Crippen molar-refractivity contribution in [1.82, 2.24) is 5.43 Å². The van der Waals surface area contributed by atoms with E-state index in [9.17, 15) is 0 Å². The van der Waals surface area contributed by atoms with E-state index in [1.165, 1.54) is 11.1 Å². The lowest BCUT2D eigenvalue weighted by molar-refractivity contribution is 1.00. The smallest absolute Gasteiger partial charge is 0.184 e. The number of rotatable bonds is 4. The van der Waals surface area contributed by atoms with Gasteiger partial charge in [0.05, 0.1) is 0 Å². The van der Waals surface area contributed by atoms with E-state index >= 15 is 0 Å². The maximum atomic E-state index is 5.36. The fourth-order valence-electron chi connectivity index (χ4n) is 1.86. The molecule has 0 saturated heterocycles. The summed E-state index contributed by atoms with van der Waals surface area (Å²) in [6.45, 7) is 0. The number of benzene rings is 2. The van der Waals surface area contributed by atoms with Gasteiger partial charge in [-0.3, -0.25) is 5.43 Å². The summed E-state index contributed by atoms with van der Waals surface area (Å²) in [5.41, 5.74) is 10.3. The van der Waals surface area contributed by atoms with Gasteiger partial charge in [-0.25, -0.2) is 0 Å². The number of thiocarbonyl (C=S) groups is 1. The van der Waals surface area contributed by atoms with Gasteiger partial charge in [-0.1, -0.05) is 60.7 Å². The SMILES string of the molecule is NC(=S)N/N=C/C(c1ccccc1)c1ccccc1. The summed E-state index contributed by atoms with van der Waals surface area (Å²) in [5.74, 6) is 0.0734. The summed E-state index contributed by atoms with van der Waals surface area (Å²) >= 11 is 4.73. The number of nitrogens with zero attached hydrogens (tertiary/aromatic N) is 1. The van der Waals surface area contributed by atoms with Crippen LogP contribution in [0.4, 0.5) is 0 Å². The molecule has 0 aliphatic heterocycles.